The van der Waals surface area contributed by atoms with Crippen molar-refractivity contribution in [2.75, 3.05) is 12.3 Å². The van der Waals surface area contributed by atoms with Crippen molar-refractivity contribution in [1.29, 1.82) is 0 Å². The summed E-state index contributed by atoms with van der Waals surface area (Å²) in [5.74, 6) is 5.90. The number of nitrogen functional groups attached to an aromatic ring is 1. The summed E-state index contributed by atoms with van der Waals surface area (Å²) in [6.45, 7) is 4.25. The number of likely N-dealkylation sites (N-methyl/N-ethyl adjacent to an activating group) is 1. The van der Waals surface area contributed by atoms with Crippen LogP contribution in [0.25, 0.3) is 11.2 Å². The minimum atomic E-state index is -1.43. The van der Waals surface area contributed by atoms with Gasteiger partial charge < -0.3 is 31.1 Å². The van der Waals surface area contributed by atoms with Crippen molar-refractivity contribution in [3.63, 3.8) is 0 Å². The van der Waals surface area contributed by atoms with Gasteiger partial charge in [-0.05, 0) is 44.4 Å². The molecule has 6 N–H and O–H groups in total. The zero-order valence-corrected chi connectivity index (χ0v) is 18.0. The van der Waals surface area contributed by atoms with Crippen LogP contribution >= 0.6 is 0 Å². The number of anilines is 1. The third kappa shape index (κ3) is 4.14. The van der Waals surface area contributed by atoms with Crippen LogP contribution in [0.3, 0.4) is 0 Å². The summed E-state index contributed by atoms with van der Waals surface area (Å²) in [4.78, 5) is 24.9. The summed E-state index contributed by atoms with van der Waals surface area (Å²) in [7, 11) is 0. The van der Waals surface area contributed by atoms with Crippen molar-refractivity contribution >= 4 is 22.9 Å². The van der Waals surface area contributed by atoms with Gasteiger partial charge in [0.1, 0.15) is 23.3 Å². The van der Waals surface area contributed by atoms with Crippen molar-refractivity contribution in [2.24, 2.45) is 5.92 Å². The Morgan fingerprint density at radius 1 is 1.34 bits per heavy atom. The molecule has 4 rings (SSSR count). The van der Waals surface area contributed by atoms with Crippen LogP contribution in [0.5, 0.6) is 0 Å². The Morgan fingerprint density at radius 2 is 2.06 bits per heavy atom. The molecule has 2 aliphatic rings. The first-order valence-corrected chi connectivity index (χ1v) is 10.8. The van der Waals surface area contributed by atoms with E-state index in [-0.39, 0.29) is 22.8 Å². The molecule has 0 unspecified atom stereocenters. The highest BCUT2D eigenvalue weighted by Crippen LogP contribution is 2.33. The highest BCUT2D eigenvalue weighted by Gasteiger charge is 2.47. The number of carbonyl (C=O) groups is 1. The number of nitrogens with one attached hydrogen (secondary N) is 1. The van der Waals surface area contributed by atoms with Crippen LogP contribution in [0.2, 0.25) is 0 Å². The first kappa shape index (κ1) is 22.4. The van der Waals surface area contributed by atoms with E-state index in [1.165, 1.54) is 10.9 Å². The smallest absolute Gasteiger partial charge is 0.252 e. The lowest BCUT2D eigenvalue weighted by Crippen LogP contribution is -2.42. The summed E-state index contributed by atoms with van der Waals surface area (Å²) in [6, 6.07) is 0. The number of imidazole rings is 1. The molecule has 1 saturated heterocycles. The van der Waals surface area contributed by atoms with Gasteiger partial charge in [0, 0.05) is 6.54 Å². The fourth-order valence-corrected chi connectivity index (χ4v) is 4.10. The van der Waals surface area contributed by atoms with Crippen molar-refractivity contribution in [2.45, 2.75) is 69.7 Å². The average molecular weight is 444 g/mol. The van der Waals surface area contributed by atoms with Gasteiger partial charge in [0.25, 0.3) is 5.91 Å². The summed E-state index contributed by atoms with van der Waals surface area (Å²) in [5.41, 5.74) is 5.45. The summed E-state index contributed by atoms with van der Waals surface area (Å²) in [6.07, 6.45) is -0.867. The average Bonchev–Trinajstić information content (AvgIpc) is 3.31. The lowest BCUT2D eigenvalue weighted by molar-refractivity contribution is -0.137. The van der Waals surface area contributed by atoms with Gasteiger partial charge in [-0.3, -0.25) is 9.36 Å². The van der Waals surface area contributed by atoms with Gasteiger partial charge in [-0.2, -0.15) is 0 Å². The standard InChI is InChI=1S/C21H28N6O5/c1-3-23-19(30)16-14(28)15(29)20(32-16)27-10-24-13-17(22)25-12(26-18(13)27)6-9-21(31)7-4-11(2)5-8-21/h10-11,14-16,20,28-29,31H,3-5,7-8H2,1-2H3,(H,23,30)(H2,22,25,26)/t11?,14-,15+,16-,20+,21?/m0/s1. The van der Waals surface area contributed by atoms with Gasteiger partial charge >= 0.3 is 0 Å². The third-order valence-electron chi connectivity index (χ3n) is 6.08. The van der Waals surface area contributed by atoms with Gasteiger partial charge in [0.2, 0.25) is 5.82 Å². The fourth-order valence-electron chi connectivity index (χ4n) is 4.10. The molecule has 1 saturated carbocycles. The number of amides is 1. The normalized spacial score (nSPS) is 32.5. The SMILES string of the molecule is CCNC(=O)[C@H]1O[C@@H](n2cnc3c(N)nc(C#CC4(O)CCC(C)CC4)nc32)[C@H](O)[C@@H]1O. The van der Waals surface area contributed by atoms with Crippen LogP contribution in [0, 0.1) is 17.8 Å². The van der Waals surface area contributed by atoms with E-state index in [1.54, 1.807) is 6.92 Å². The van der Waals surface area contributed by atoms with Gasteiger partial charge in [-0.25, -0.2) is 15.0 Å². The maximum absolute atomic E-state index is 12.2. The van der Waals surface area contributed by atoms with E-state index < -0.39 is 36.0 Å². The van der Waals surface area contributed by atoms with Crippen molar-refractivity contribution < 1.29 is 24.9 Å². The molecule has 0 radical (unpaired) electrons. The molecule has 172 valence electrons. The number of nitrogens with two attached hydrogens (primary N) is 1. The number of carbonyl (C=O) groups excluding carboxylic acids is 1. The Kier molecular flexibility index (Phi) is 6.05. The Hall–Kier alpha value is -2.78. The zero-order chi connectivity index (χ0) is 23.0. The molecule has 0 bridgehead atoms. The number of aliphatic hydroxyl groups excluding tert-OH is 2. The highest BCUT2D eigenvalue weighted by molar-refractivity contribution is 5.83. The lowest BCUT2D eigenvalue weighted by atomic mass is 9.80. The first-order valence-electron chi connectivity index (χ1n) is 10.8. The second-order valence-corrected chi connectivity index (χ2v) is 8.54. The van der Waals surface area contributed by atoms with E-state index >= 15 is 0 Å². The summed E-state index contributed by atoms with van der Waals surface area (Å²) >= 11 is 0. The Bertz CT molecular complexity index is 1070. The molecule has 11 nitrogen and oxygen atoms in total. The topological polar surface area (TPSA) is 169 Å². The van der Waals surface area contributed by atoms with Crippen LogP contribution in [0.15, 0.2) is 6.33 Å². The van der Waals surface area contributed by atoms with Crippen molar-refractivity contribution in [3.8, 4) is 11.8 Å². The van der Waals surface area contributed by atoms with Crippen LogP contribution in [-0.2, 0) is 9.53 Å². The molecular weight excluding hydrogens is 416 g/mol. The third-order valence-corrected chi connectivity index (χ3v) is 6.08. The monoisotopic (exact) mass is 444 g/mol. The fraction of sp³-hybridized carbons (Fsp3) is 0.619. The van der Waals surface area contributed by atoms with Crippen molar-refractivity contribution in [3.05, 3.63) is 12.2 Å². The second kappa shape index (κ2) is 8.63. The Balaban J connectivity index is 1.65. The minimum absolute atomic E-state index is 0.0793. The molecule has 0 aromatic carbocycles. The van der Waals surface area contributed by atoms with E-state index in [2.05, 4.69) is 39.0 Å². The minimum Gasteiger partial charge on any atom is -0.387 e. The van der Waals surface area contributed by atoms with E-state index in [0.717, 1.165) is 12.8 Å². The molecule has 2 aromatic rings. The van der Waals surface area contributed by atoms with E-state index in [1.807, 2.05) is 0 Å². The second-order valence-electron chi connectivity index (χ2n) is 8.54. The number of fused-ring (bicyclic) bond motifs is 1. The number of rotatable bonds is 3. The predicted molar refractivity (Wildman–Crippen MR) is 114 cm³/mol. The molecule has 32 heavy (non-hydrogen) atoms. The van der Waals surface area contributed by atoms with E-state index in [0.29, 0.717) is 25.3 Å². The first-order chi connectivity index (χ1) is 15.2. The van der Waals surface area contributed by atoms with Crippen LogP contribution in [0.1, 0.15) is 51.6 Å². The number of hydrogen-bond donors (Lipinski definition) is 5. The number of aliphatic hydroxyl groups is 3. The van der Waals surface area contributed by atoms with Gasteiger partial charge in [0.05, 0.1) is 6.33 Å². The molecule has 4 atom stereocenters. The largest absolute Gasteiger partial charge is 0.387 e. The Morgan fingerprint density at radius 3 is 2.75 bits per heavy atom. The lowest BCUT2D eigenvalue weighted by Gasteiger charge is -2.30. The molecule has 0 spiro atoms. The van der Waals surface area contributed by atoms with Crippen LogP contribution in [0.4, 0.5) is 5.82 Å². The number of hydrogen-bond acceptors (Lipinski definition) is 9. The number of nitrogens with zero attached hydrogens (tertiary/aromatic N) is 4. The van der Waals surface area contributed by atoms with Crippen LogP contribution < -0.4 is 11.1 Å². The van der Waals surface area contributed by atoms with Gasteiger partial charge in [-0.15, -0.1) is 0 Å². The van der Waals surface area contributed by atoms with Gasteiger partial charge in [0.15, 0.2) is 23.8 Å². The molecule has 2 fully saturated rings. The van der Waals surface area contributed by atoms with Crippen LogP contribution in [-0.4, -0.2) is 71.2 Å². The quantitative estimate of drug-likeness (QED) is 0.390. The molecular formula is C21H28N6O5. The molecule has 1 amide bonds. The maximum Gasteiger partial charge on any atom is 0.252 e. The summed E-state index contributed by atoms with van der Waals surface area (Å²) in [5, 5.41) is 34.1. The highest BCUT2D eigenvalue weighted by atomic mass is 16.6. The number of aromatic nitrogens is 4. The van der Waals surface area contributed by atoms with Crippen molar-refractivity contribution in [1.82, 2.24) is 24.8 Å². The molecule has 3 heterocycles. The number of ether oxygens (including phenoxy) is 1. The van der Waals surface area contributed by atoms with Gasteiger partial charge in [-0.1, -0.05) is 12.8 Å². The predicted octanol–water partition coefficient (Wildman–Crippen LogP) is -0.543. The van der Waals surface area contributed by atoms with E-state index in [4.69, 9.17) is 10.5 Å². The maximum atomic E-state index is 12.2. The molecule has 1 aliphatic carbocycles. The molecule has 2 aromatic heterocycles. The summed E-state index contributed by atoms with van der Waals surface area (Å²) < 4.78 is 7.04. The van der Waals surface area contributed by atoms with E-state index in [9.17, 15) is 20.1 Å². The molecule has 1 aliphatic heterocycles. The Labute approximate surface area is 185 Å². The molecule has 11 heteroatoms. The zero-order valence-electron chi connectivity index (χ0n) is 18.0.